The molecule has 1 N–H and O–H groups in total. The Hall–Kier alpha value is -2.04. The summed E-state index contributed by atoms with van der Waals surface area (Å²) in [5.41, 5.74) is 2.92. The van der Waals surface area contributed by atoms with E-state index in [1.165, 1.54) is 12.1 Å². The summed E-state index contributed by atoms with van der Waals surface area (Å²) in [6, 6.07) is 9.77. The van der Waals surface area contributed by atoms with E-state index in [0.717, 1.165) is 5.56 Å². The monoisotopic (exact) mass is 292 g/mol. The van der Waals surface area contributed by atoms with Crippen LogP contribution in [0.3, 0.4) is 0 Å². The third-order valence-corrected chi connectivity index (χ3v) is 2.79. The first-order chi connectivity index (χ1) is 9.69. The van der Waals surface area contributed by atoms with Crippen LogP contribution in [0, 0.1) is 5.92 Å². The molecule has 0 aliphatic heterocycles. The highest BCUT2D eigenvalue weighted by molar-refractivity contribution is 5.81. The van der Waals surface area contributed by atoms with E-state index >= 15 is 0 Å². The van der Waals surface area contributed by atoms with E-state index in [2.05, 4.69) is 5.43 Å². The fourth-order valence-electron chi connectivity index (χ4n) is 1.88. The molecule has 116 valence electrons. The SMILES string of the molecule is C[C@@H](Cc1ccccc1)C(=O)N(C)NC(=O)OC(C)(C)C. The first-order valence-electron chi connectivity index (χ1n) is 7.00. The summed E-state index contributed by atoms with van der Waals surface area (Å²) >= 11 is 0. The van der Waals surface area contributed by atoms with Crippen LogP contribution in [0.2, 0.25) is 0 Å². The minimum atomic E-state index is -0.634. The molecule has 1 atom stereocenters. The zero-order valence-electron chi connectivity index (χ0n) is 13.3. The molecule has 0 spiro atoms. The van der Waals surface area contributed by atoms with Crippen LogP contribution in [0.5, 0.6) is 0 Å². The van der Waals surface area contributed by atoms with Gasteiger partial charge in [-0.1, -0.05) is 37.3 Å². The number of nitrogens with zero attached hydrogens (tertiary/aromatic N) is 1. The van der Waals surface area contributed by atoms with E-state index in [1.807, 2.05) is 37.3 Å². The molecule has 0 heterocycles. The van der Waals surface area contributed by atoms with Crippen LogP contribution in [0.25, 0.3) is 0 Å². The Morgan fingerprint density at radius 1 is 1.24 bits per heavy atom. The molecule has 0 aromatic heterocycles. The second-order valence-electron chi connectivity index (χ2n) is 6.10. The quantitative estimate of drug-likeness (QED) is 0.871. The number of hydrogen-bond acceptors (Lipinski definition) is 3. The van der Waals surface area contributed by atoms with Crippen molar-refractivity contribution in [3.63, 3.8) is 0 Å². The largest absolute Gasteiger partial charge is 0.443 e. The van der Waals surface area contributed by atoms with Crippen LogP contribution in [0.1, 0.15) is 33.3 Å². The van der Waals surface area contributed by atoms with Gasteiger partial charge in [-0.05, 0) is 32.8 Å². The number of hydrazine groups is 1. The number of hydrogen-bond donors (Lipinski definition) is 1. The third kappa shape index (κ3) is 6.29. The van der Waals surface area contributed by atoms with Gasteiger partial charge >= 0.3 is 6.09 Å². The van der Waals surface area contributed by atoms with Crippen molar-refractivity contribution < 1.29 is 14.3 Å². The highest BCUT2D eigenvalue weighted by Gasteiger charge is 2.22. The van der Waals surface area contributed by atoms with E-state index in [-0.39, 0.29) is 11.8 Å². The number of carbonyl (C=O) groups is 2. The predicted molar refractivity (Wildman–Crippen MR) is 81.4 cm³/mol. The predicted octanol–water partition coefficient (Wildman–Crippen LogP) is 2.76. The lowest BCUT2D eigenvalue weighted by molar-refractivity contribution is -0.136. The van der Waals surface area contributed by atoms with E-state index in [0.29, 0.717) is 6.42 Å². The summed E-state index contributed by atoms with van der Waals surface area (Å²) in [4.78, 5) is 23.8. The van der Waals surface area contributed by atoms with Crippen molar-refractivity contribution >= 4 is 12.0 Å². The van der Waals surface area contributed by atoms with Gasteiger partial charge in [-0.2, -0.15) is 0 Å². The van der Waals surface area contributed by atoms with E-state index < -0.39 is 11.7 Å². The van der Waals surface area contributed by atoms with Gasteiger partial charge in [-0.25, -0.2) is 10.2 Å². The summed E-state index contributed by atoms with van der Waals surface area (Å²) in [7, 11) is 1.52. The molecule has 1 rings (SSSR count). The van der Waals surface area contributed by atoms with Crippen LogP contribution in [0.4, 0.5) is 4.79 Å². The average Bonchev–Trinajstić information content (AvgIpc) is 2.36. The Kier molecular flexibility index (Phi) is 5.76. The van der Waals surface area contributed by atoms with Crippen molar-refractivity contribution in [3.8, 4) is 0 Å². The van der Waals surface area contributed by atoms with Crippen LogP contribution in [-0.2, 0) is 16.0 Å². The minimum Gasteiger partial charge on any atom is -0.443 e. The van der Waals surface area contributed by atoms with Crippen LogP contribution < -0.4 is 5.43 Å². The highest BCUT2D eigenvalue weighted by Crippen LogP contribution is 2.11. The Morgan fingerprint density at radius 3 is 2.33 bits per heavy atom. The molecule has 0 saturated heterocycles. The lowest BCUT2D eigenvalue weighted by Gasteiger charge is -2.25. The topological polar surface area (TPSA) is 58.6 Å². The molecule has 0 fully saturated rings. The number of ether oxygens (including phenoxy) is 1. The molecular weight excluding hydrogens is 268 g/mol. The van der Waals surface area contributed by atoms with E-state index in [9.17, 15) is 9.59 Å². The second kappa shape index (κ2) is 7.11. The van der Waals surface area contributed by atoms with Crippen molar-refractivity contribution in [2.24, 2.45) is 5.92 Å². The molecule has 0 radical (unpaired) electrons. The first-order valence-corrected chi connectivity index (χ1v) is 7.00. The molecule has 0 aliphatic rings. The van der Waals surface area contributed by atoms with Gasteiger partial charge in [0.05, 0.1) is 0 Å². The van der Waals surface area contributed by atoms with Crippen molar-refractivity contribution in [2.75, 3.05) is 7.05 Å². The maximum absolute atomic E-state index is 12.2. The third-order valence-electron chi connectivity index (χ3n) is 2.79. The Bertz CT molecular complexity index is 480. The molecule has 0 saturated carbocycles. The molecular formula is C16H24N2O3. The molecule has 2 amide bonds. The fourth-order valence-corrected chi connectivity index (χ4v) is 1.88. The van der Waals surface area contributed by atoms with Gasteiger partial charge in [0.25, 0.3) is 0 Å². The highest BCUT2D eigenvalue weighted by atomic mass is 16.6. The summed E-state index contributed by atoms with van der Waals surface area (Å²) in [6.07, 6.45) is -0.00901. The zero-order chi connectivity index (χ0) is 16.0. The van der Waals surface area contributed by atoms with Crippen molar-refractivity contribution in [1.29, 1.82) is 0 Å². The van der Waals surface area contributed by atoms with E-state index in [1.54, 1.807) is 20.8 Å². The van der Waals surface area contributed by atoms with Gasteiger partial charge in [0.2, 0.25) is 5.91 Å². The number of amides is 2. The van der Waals surface area contributed by atoms with Crippen molar-refractivity contribution in [1.82, 2.24) is 10.4 Å². The second-order valence-corrected chi connectivity index (χ2v) is 6.10. The fraction of sp³-hybridized carbons (Fsp3) is 0.500. The normalized spacial score (nSPS) is 12.4. The smallest absolute Gasteiger partial charge is 0.426 e. The number of carbonyl (C=O) groups excluding carboxylic acids is 2. The molecule has 0 bridgehead atoms. The summed E-state index contributed by atoms with van der Waals surface area (Å²) in [5, 5.41) is 1.18. The zero-order valence-corrected chi connectivity index (χ0v) is 13.3. The number of rotatable bonds is 3. The Labute approximate surface area is 126 Å². The summed E-state index contributed by atoms with van der Waals surface area (Å²) in [6.45, 7) is 7.15. The van der Waals surface area contributed by atoms with Crippen molar-refractivity contribution in [2.45, 2.75) is 39.7 Å². The maximum atomic E-state index is 12.2. The number of nitrogens with one attached hydrogen (secondary N) is 1. The van der Waals surface area contributed by atoms with Crippen LogP contribution >= 0.6 is 0 Å². The first kappa shape index (κ1) is 17.0. The summed E-state index contributed by atoms with van der Waals surface area (Å²) in [5.74, 6) is -0.392. The van der Waals surface area contributed by atoms with Gasteiger partial charge in [-0.15, -0.1) is 0 Å². The lowest BCUT2D eigenvalue weighted by atomic mass is 10.0. The van der Waals surface area contributed by atoms with Crippen molar-refractivity contribution in [3.05, 3.63) is 35.9 Å². The molecule has 1 aromatic carbocycles. The molecule has 1 aromatic rings. The number of benzene rings is 1. The van der Waals surface area contributed by atoms with Gasteiger partial charge in [0.15, 0.2) is 0 Å². The molecule has 5 nitrogen and oxygen atoms in total. The Balaban J connectivity index is 2.52. The standard InChI is InChI=1S/C16H24N2O3/c1-12(11-13-9-7-6-8-10-13)14(19)18(5)17-15(20)21-16(2,3)4/h6-10,12H,11H2,1-5H3,(H,17,20)/t12-/m0/s1. The van der Waals surface area contributed by atoms with Gasteiger partial charge in [0.1, 0.15) is 5.60 Å². The van der Waals surface area contributed by atoms with Gasteiger partial charge in [-0.3, -0.25) is 9.80 Å². The maximum Gasteiger partial charge on any atom is 0.426 e. The molecule has 21 heavy (non-hydrogen) atoms. The molecule has 0 aliphatic carbocycles. The van der Waals surface area contributed by atoms with E-state index in [4.69, 9.17) is 4.74 Å². The molecule has 5 heteroatoms. The average molecular weight is 292 g/mol. The molecule has 0 unspecified atom stereocenters. The lowest BCUT2D eigenvalue weighted by Crippen LogP contribution is -2.47. The van der Waals surface area contributed by atoms with Crippen LogP contribution in [0.15, 0.2) is 30.3 Å². The Morgan fingerprint density at radius 2 is 1.81 bits per heavy atom. The van der Waals surface area contributed by atoms with Gasteiger partial charge in [0, 0.05) is 13.0 Å². The summed E-state index contributed by atoms with van der Waals surface area (Å²) < 4.78 is 5.11. The van der Waals surface area contributed by atoms with Gasteiger partial charge < -0.3 is 4.74 Å². The minimum absolute atomic E-state index is 0.162. The van der Waals surface area contributed by atoms with Crippen LogP contribution in [-0.4, -0.2) is 29.7 Å².